The Bertz CT molecular complexity index is 618. The molecule has 0 unspecified atom stereocenters. The SMILES string of the molecule is CN(C)c1ccc(-c2nnc(SC[C@@H]3CCCO3)n2C)cc1. The number of hydrogen-bond acceptors (Lipinski definition) is 5. The fourth-order valence-electron chi connectivity index (χ4n) is 2.54. The van der Waals surface area contributed by atoms with Gasteiger partial charge in [0.2, 0.25) is 0 Å². The van der Waals surface area contributed by atoms with Gasteiger partial charge in [-0.1, -0.05) is 11.8 Å². The van der Waals surface area contributed by atoms with E-state index in [9.17, 15) is 0 Å². The second-order valence-corrected chi connectivity index (χ2v) is 6.74. The van der Waals surface area contributed by atoms with E-state index in [2.05, 4.69) is 43.9 Å². The molecule has 0 spiro atoms. The van der Waals surface area contributed by atoms with Crippen molar-refractivity contribution in [3.63, 3.8) is 0 Å². The van der Waals surface area contributed by atoms with Crippen molar-refractivity contribution in [3.8, 4) is 11.4 Å². The van der Waals surface area contributed by atoms with E-state index in [-0.39, 0.29) is 0 Å². The molecule has 5 nitrogen and oxygen atoms in total. The maximum atomic E-state index is 5.66. The smallest absolute Gasteiger partial charge is 0.191 e. The molecule has 1 aromatic heterocycles. The number of hydrogen-bond donors (Lipinski definition) is 0. The highest BCUT2D eigenvalue weighted by Gasteiger charge is 2.18. The van der Waals surface area contributed by atoms with Gasteiger partial charge in [-0.3, -0.25) is 0 Å². The first-order valence-electron chi connectivity index (χ1n) is 7.56. The standard InChI is InChI=1S/C16H22N4OS/c1-19(2)13-8-6-12(7-9-13)15-17-18-16(20(15)3)22-11-14-5-4-10-21-14/h6-9,14H,4-5,10-11H2,1-3H3/t14-/m0/s1. The highest BCUT2D eigenvalue weighted by Crippen LogP contribution is 2.26. The Morgan fingerprint density at radius 1 is 1.27 bits per heavy atom. The second-order valence-electron chi connectivity index (χ2n) is 5.75. The normalized spacial score (nSPS) is 17.9. The molecule has 0 aliphatic carbocycles. The molecule has 0 saturated carbocycles. The monoisotopic (exact) mass is 318 g/mol. The first-order valence-corrected chi connectivity index (χ1v) is 8.55. The van der Waals surface area contributed by atoms with E-state index in [4.69, 9.17) is 4.74 Å². The summed E-state index contributed by atoms with van der Waals surface area (Å²) in [5, 5.41) is 9.61. The summed E-state index contributed by atoms with van der Waals surface area (Å²) >= 11 is 1.72. The van der Waals surface area contributed by atoms with E-state index < -0.39 is 0 Å². The van der Waals surface area contributed by atoms with Crippen molar-refractivity contribution in [1.82, 2.24) is 14.8 Å². The molecule has 0 radical (unpaired) electrons. The zero-order valence-electron chi connectivity index (χ0n) is 13.3. The van der Waals surface area contributed by atoms with Gasteiger partial charge in [0.15, 0.2) is 11.0 Å². The second kappa shape index (κ2) is 6.71. The number of anilines is 1. The maximum absolute atomic E-state index is 5.66. The van der Waals surface area contributed by atoms with Gasteiger partial charge in [-0.25, -0.2) is 0 Å². The van der Waals surface area contributed by atoms with Gasteiger partial charge in [-0.15, -0.1) is 10.2 Å². The number of aromatic nitrogens is 3. The van der Waals surface area contributed by atoms with Crippen LogP contribution in [0, 0.1) is 0 Å². The van der Waals surface area contributed by atoms with Gasteiger partial charge >= 0.3 is 0 Å². The molecule has 1 aliphatic heterocycles. The summed E-state index contributed by atoms with van der Waals surface area (Å²) in [4.78, 5) is 2.09. The van der Waals surface area contributed by atoms with Gasteiger partial charge in [0.25, 0.3) is 0 Å². The topological polar surface area (TPSA) is 43.2 Å². The molecular formula is C16H22N4OS. The summed E-state index contributed by atoms with van der Waals surface area (Å²) < 4.78 is 7.72. The largest absolute Gasteiger partial charge is 0.378 e. The molecule has 0 amide bonds. The van der Waals surface area contributed by atoms with E-state index in [1.54, 1.807) is 11.8 Å². The first-order chi connectivity index (χ1) is 10.6. The van der Waals surface area contributed by atoms with E-state index in [1.807, 2.05) is 21.1 Å². The highest BCUT2D eigenvalue weighted by atomic mass is 32.2. The van der Waals surface area contributed by atoms with Crippen LogP contribution in [0.15, 0.2) is 29.4 Å². The number of thioether (sulfide) groups is 1. The highest BCUT2D eigenvalue weighted by molar-refractivity contribution is 7.99. The molecule has 118 valence electrons. The minimum atomic E-state index is 0.365. The molecule has 1 aliphatic rings. The molecule has 1 saturated heterocycles. The fraction of sp³-hybridized carbons (Fsp3) is 0.500. The summed E-state index contributed by atoms with van der Waals surface area (Å²) in [6, 6.07) is 8.38. The lowest BCUT2D eigenvalue weighted by atomic mass is 10.2. The van der Waals surface area contributed by atoms with Crippen molar-refractivity contribution in [1.29, 1.82) is 0 Å². The van der Waals surface area contributed by atoms with Crippen LogP contribution in [-0.2, 0) is 11.8 Å². The number of benzene rings is 1. The van der Waals surface area contributed by atoms with Crippen LogP contribution in [0.2, 0.25) is 0 Å². The van der Waals surface area contributed by atoms with Crippen LogP contribution < -0.4 is 4.90 Å². The predicted octanol–water partition coefficient (Wildman–Crippen LogP) is 2.82. The molecule has 1 aromatic carbocycles. The van der Waals surface area contributed by atoms with E-state index in [0.29, 0.717) is 6.10 Å². The Labute approximate surface area is 135 Å². The molecular weight excluding hydrogens is 296 g/mol. The van der Waals surface area contributed by atoms with E-state index in [1.165, 1.54) is 12.1 Å². The van der Waals surface area contributed by atoms with Gasteiger partial charge in [-0.2, -0.15) is 0 Å². The fourth-order valence-corrected chi connectivity index (χ4v) is 3.52. The Balaban J connectivity index is 1.71. The molecule has 3 rings (SSSR count). The van der Waals surface area contributed by atoms with Crippen LogP contribution >= 0.6 is 11.8 Å². The van der Waals surface area contributed by atoms with E-state index in [0.717, 1.165) is 35.3 Å². The van der Waals surface area contributed by atoms with Crippen LogP contribution in [0.3, 0.4) is 0 Å². The van der Waals surface area contributed by atoms with E-state index >= 15 is 0 Å². The van der Waals surface area contributed by atoms with Crippen LogP contribution in [0.1, 0.15) is 12.8 Å². The number of rotatable bonds is 5. The lowest BCUT2D eigenvalue weighted by Crippen LogP contribution is -2.09. The lowest BCUT2D eigenvalue weighted by Gasteiger charge is -2.12. The zero-order chi connectivity index (χ0) is 15.5. The van der Waals surface area contributed by atoms with Crippen molar-refractivity contribution in [2.45, 2.75) is 24.1 Å². The third kappa shape index (κ3) is 3.28. The van der Waals surface area contributed by atoms with Gasteiger partial charge in [0.1, 0.15) is 0 Å². The molecule has 0 N–H and O–H groups in total. The molecule has 22 heavy (non-hydrogen) atoms. The van der Waals surface area contributed by atoms with Crippen molar-refractivity contribution in [3.05, 3.63) is 24.3 Å². The van der Waals surface area contributed by atoms with Crippen molar-refractivity contribution in [2.24, 2.45) is 7.05 Å². The minimum Gasteiger partial charge on any atom is -0.378 e. The third-order valence-corrected chi connectivity index (χ3v) is 5.05. The number of nitrogens with zero attached hydrogens (tertiary/aromatic N) is 4. The van der Waals surface area contributed by atoms with Crippen LogP contribution in [0.4, 0.5) is 5.69 Å². The molecule has 1 fully saturated rings. The van der Waals surface area contributed by atoms with Crippen molar-refractivity contribution < 1.29 is 4.74 Å². The third-order valence-electron chi connectivity index (χ3n) is 3.90. The summed E-state index contributed by atoms with van der Waals surface area (Å²) in [6.45, 7) is 0.896. The van der Waals surface area contributed by atoms with Crippen molar-refractivity contribution in [2.75, 3.05) is 31.4 Å². The average Bonchev–Trinajstić information content (AvgIpc) is 3.15. The first kappa shape index (κ1) is 15.4. The molecule has 0 bridgehead atoms. The van der Waals surface area contributed by atoms with Crippen LogP contribution in [0.5, 0.6) is 0 Å². The predicted molar refractivity (Wildman–Crippen MR) is 90.5 cm³/mol. The summed E-state index contributed by atoms with van der Waals surface area (Å²) in [5.41, 5.74) is 2.27. The lowest BCUT2D eigenvalue weighted by molar-refractivity contribution is 0.129. The summed E-state index contributed by atoms with van der Waals surface area (Å²) in [5.74, 6) is 1.85. The van der Waals surface area contributed by atoms with Crippen LogP contribution in [0.25, 0.3) is 11.4 Å². The van der Waals surface area contributed by atoms with Gasteiger partial charge in [-0.05, 0) is 37.1 Å². The minimum absolute atomic E-state index is 0.365. The maximum Gasteiger partial charge on any atom is 0.191 e. The Hall–Kier alpha value is -1.53. The number of ether oxygens (including phenoxy) is 1. The zero-order valence-corrected chi connectivity index (χ0v) is 14.1. The Kier molecular flexibility index (Phi) is 4.69. The molecule has 6 heteroatoms. The summed E-state index contributed by atoms with van der Waals surface area (Å²) in [7, 11) is 6.10. The van der Waals surface area contributed by atoms with Crippen molar-refractivity contribution >= 4 is 17.4 Å². The summed E-state index contributed by atoms with van der Waals surface area (Å²) in [6.07, 6.45) is 2.70. The molecule has 1 atom stereocenters. The average molecular weight is 318 g/mol. The molecule has 2 aromatic rings. The Morgan fingerprint density at radius 2 is 2.05 bits per heavy atom. The van der Waals surface area contributed by atoms with Gasteiger partial charge in [0.05, 0.1) is 6.10 Å². The van der Waals surface area contributed by atoms with Gasteiger partial charge < -0.3 is 14.2 Å². The quantitative estimate of drug-likeness (QED) is 0.793. The van der Waals surface area contributed by atoms with Gasteiger partial charge in [0, 0.05) is 44.8 Å². The Morgan fingerprint density at radius 3 is 2.68 bits per heavy atom. The molecule has 2 heterocycles. The van der Waals surface area contributed by atoms with Crippen LogP contribution in [-0.4, -0.2) is 47.3 Å².